The summed E-state index contributed by atoms with van der Waals surface area (Å²) in [4.78, 5) is 15.5. The number of ether oxygens (including phenoxy) is 1. The van der Waals surface area contributed by atoms with Gasteiger partial charge in [0.15, 0.2) is 0 Å². The highest BCUT2D eigenvalue weighted by atomic mass is 16.6. The summed E-state index contributed by atoms with van der Waals surface area (Å²) in [5.74, 6) is 0.458. The summed E-state index contributed by atoms with van der Waals surface area (Å²) in [7, 11) is 0. The summed E-state index contributed by atoms with van der Waals surface area (Å²) < 4.78 is 10.4. The third-order valence-corrected chi connectivity index (χ3v) is 1.86. The van der Waals surface area contributed by atoms with Gasteiger partial charge in [0, 0.05) is 5.92 Å². The molecule has 1 N–H and O–H groups in total. The van der Waals surface area contributed by atoms with Gasteiger partial charge >= 0.3 is 6.09 Å². The Morgan fingerprint density at radius 2 is 2.11 bits per heavy atom. The van der Waals surface area contributed by atoms with Crippen molar-refractivity contribution >= 4 is 12.0 Å². The Labute approximate surface area is 106 Å². The van der Waals surface area contributed by atoms with Gasteiger partial charge in [-0.1, -0.05) is 13.8 Å². The number of nitriles is 1. The highest BCUT2D eigenvalue weighted by molar-refractivity contribution is 5.84. The second-order valence-corrected chi connectivity index (χ2v) is 5.12. The lowest BCUT2D eigenvalue weighted by atomic mass is 10.2. The number of oxazole rings is 1. The molecule has 1 aromatic heterocycles. The van der Waals surface area contributed by atoms with Crippen LogP contribution in [0.15, 0.2) is 4.42 Å². The zero-order valence-corrected chi connectivity index (χ0v) is 11.2. The van der Waals surface area contributed by atoms with Gasteiger partial charge in [-0.3, -0.25) is 5.32 Å². The first-order chi connectivity index (χ1) is 8.23. The summed E-state index contributed by atoms with van der Waals surface area (Å²) in [6, 6.07) is 1.86. The normalized spacial score (nSPS) is 11.2. The van der Waals surface area contributed by atoms with Gasteiger partial charge in [-0.25, -0.2) is 9.78 Å². The zero-order valence-electron chi connectivity index (χ0n) is 11.2. The molecule has 1 heterocycles. The average Bonchev–Trinajstić information content (AvgIpc) is 2.57. The van der Waals surface area contributed by atoms with E-state index in [4.69, 9.17) is 14.4 Å². The Kier molecular flexibility index (Phi) is 3.96. The maximum atomic E-state index is 11.5. The van der Waals surface area contributed by atoms with Gasteiger partial charge in [0.25, 0.3) is 0 Å². The molecule has 1 aromatic rings. The van der Waals surface area contributed by atoms with Crippen LogP contribution in [0, 0.1) is 11.3 Å². The number of anilines is 1. The molecule has 18 heavy (non-hydrogen) atoms. The second-order valence-electron chi connectivity index (χ2n) is 5.12. The molecule has 0 aliphatic heterocycles. The Bertz CT molecular complexity index is 478. The van der Waals surface area contributed by atoms with Crippen LogP contribution in [0.1, 0.15) is 52.1 Å². The molecule has 0 atom stereocenters. The molecule has 0 saturated heterocycles. The molecule has 0 saturated carbocycles. The van der Waals surface area contributed by atoms with Crippen LogP contribution in [0.25, 0.3) is 0 Å². The SMILES string of the molecule is CC(C)c1nc(C#N)c(NC(=O)OC(C)(C)C)o1. The fourth-order valence-electron chi connectivity index (χ4n) is 1.14. The van der Waals surface area contributed by atoms with E-state index in [2.05, 4.69) is 10.3 Å². The Balaban J connectivity index is 2.85. The molecule has 0 aliphatic carbocycles. The maximum Gasteiger partial charge on any atom is 0.414 e. The fourth-order valence-corrected chi connectivity index (χ4v) is 1.14. The Hall–Kier alpha value is -2.03. The molecule has 0 fully saturated rings. The molecule has 1 rings (SSSR count). The smallest absolute Gasteiger partial charge is 0.414 e. The minimum atomic E-state index is -0.676. The fraction of sp³-hybridized carbons (Fsp3) is 0.583. The standard InChI is InChI=1S/C12H17N3O3/c1-7(2)9-14-8(6-13)10(17-9)15-11(16)18-12(3,4)5/h7H,1-5H3,(H,15,16). The lowest BCUT2D eigenvalue weighted by molar-refractivity contribution is 0.0632. The van der Waals surface area contributed by atoms with E-state index in [-0.39, 0.29) is 17.5 Å². The van der Waals surface area contributed by atoms with Crippen molar-refractivity contribution in [2.24, 2.45) is 0 Å². The highest BCUT2D eigenvalue weighted by Gasteiger charge is 2.21. The number of nitrogens with zero attached hydrogens (tertiary/aromatic N) is 2. The van der Waals surface area contributed by atoms with E-state index in [1.165, 1.54) is 0 Å². The van der Waals surface area contributed by atoms with E-state index < -0.39 is 11.7 Å². The number of carbonyl (C=O) groups is 1. The second kappa shape index (κ2) is 5.08. The van der Waals surface area contributed by atoms with Gasteiger partial charge in [-0.05, 0) is 20.8 Å². The number of hydrogen-bond acceptors (Lipinski definition) is 5. The maximum absolute atomic E-state index is 11.5. The van der Waals surface area contributed by atoms with Crippen LogP contribution < -0.4 is 5.32 Å². The topological polar surface area (TPSA) is 88.2 Å². The van der Waals surface area contributed by atoms with Gasteiger partial charge in [-0.15, -0.1) is 0 Å². The molecule has 0 aliphatic rings. The first-order valence-electron chi connectivity index (χ1n) is 5.63. The first kappa shape index (κ1) is 14.0. The molecule has 0 unspecified atom stereocenters. The average molecular weight is 251 g/mol. The number of nitrogens with one attached hydrogen (secondary N) is 1. The van der Waals surface area contributed by atoms with Gasteiger partial charge < -0.3 is 9.15 Å². The van der Waals surface area contributed by atoms with Crippen molar-refractivity contribution < 1.29 is 13.9 Å². The first-order valence-corrected chi connectivity index (χ1v) is 5.63. The molecule has 1 amide bonds. The van der Waals surface area contributed by atoms with Crippen molar-refractivity contribution in [2.75, 3.05) is 5.32 Å². The third-order valence-electron chi connectivity index (χ3n) is 1.86. The number of aromatic nitrogens is 1. The Morgan fingerprint density at radius 3 is 2.56 bits per heavy atom. The van der Waals surface area contributed by atoms with Crippen molar-refractivity contribution in [3.63, 3.8) is 0 Å². The predicted octanol–water partition coefficient (Wildman–Crippen LogP) is 3.02. The predicted molar refractivity (Wildman–Crippen MR) is 65.2 cm³/mol. The van der Waals surface area contributed by atoms with Crippen LogP contribution >= 0.6 is 0 Å². The van der Waals surface area contributed by atoms with Gasteiger partial charge in [-0.2, -0.15) is 5.26 Å². The summed E-state index contributed by atoms with van der Waals surface area (Å²) in [5, 5.41) is 11.3. The van der Waals surface area contributed by atoms with Crippen LogP contribution in [0.3, 0.4) is 0 Å². The molecule has 0 radical (unpaired) electrons. The molecular formula is C12H17N3O3. The minimum Gasteiger partial charge on any atom is -0.444 e. The molecule has 0 aromatic carbocycles. The largest absolute Gasteiger partial charge is 0.444 e. The number of carbonyl (C=O) groups excluding carboxylic acids is 1. The van der Waals surface area contributed by atoms with Gasteiger partial charge in [0.1, 0.15) is 11.7 Å². The summed E-state index contributed by atoms with van der Waals surface area (Å²) >= 11 is 0. The van der Waals surface area contributed by atoms with E-state index in [1.54, 1.807) is 20.8 Å². The molecule has 0 bridgehead atoms. The van der Waals surface area contributed by atoms with Crippen LogP contribution in [-0.4, -0.2) is 16.7 Å². The van der Waals surface area contributed by atoms with Crippen molar-refractivity contribution in [1.82, 2.24) is 4.98 Å². The summed E-state index contributed by atoms with van der Waals surface area (Å²) in [6.07, 6.45) is -0.676. The number of amides is 1. The number of hydrogen-bond donors (Lipinski definition) is 1. The Morgan fingerprint density at radius 1 is 1.50 bits per heavy atom. The quantitative estimate of drug-likeness (QED) is 0.872. The summed E-state index contributed by atoms with van der Waals surface area (Å²) in [6.45, 7) is 9.00. The van der Waals surface area contributed by atoms with E-state index >= 15 is 0 Å². The number of rotatable bonds is 2. The van der Waals surface area contributed by atoms with Crippen LogP contribution in [0.5, 0.6) is 0 Å². The van der Waals surface area contributed by atoms with Gasteiger partial charge in [0.2, 0.25) is 17.5 Å². The van der Waals surface area contributed by atoms with Gasteiger partial charge in [0.05, 0.1) is 0 Å². The van der Waals surface area contributed by atoms with E-state index in [1.807, 2.05) is 19.9 Å². The van der Waals surface area contributed by atoms with Crippen molar-refractivity contribution in [3.05, 3.63) is 11.6 Å². The summed E-state index contributed by atoms with van der Waals surface area (Å²) in [5.41, 5.74) is -0.567. The van der Waals surface area contributed by atoms with Crippen molar-refractivity contribution in [3.8, 4) is 6.07 Å². The van der Waals surface area contributed by atoms with Crippen molar-refractivity contribution in [2.45, 2.75) is 46.1 Å². The van der Waals surface area contributed by atoms with E-state index in [0.29, 0.717) is 5.89 Å². The van der Waals surface area contributed by atoms with E-state index in [0.717, 1.165) is 0 Å². The third kappa shape index (κ3) is 3.77. The molecule has 0 spiro atoms. The van der Waals surface area contributed by atoms with Crippen LogP contribution in [0.4, 0.5) is 10.7 Å². The van der Waals surface area contributed by atoms with Crippen LogP contribution in [-0.2, 0) is 4.74 Å². The molecule has 98 valence electrons. The van der Waals surface area contributed by atoms with Crippen LogP contribution in [0.2, 0.25) is 0 Å². The van der Waals surface area contributed by atoms with E-state index in [9.17, 15) is 4.79 Å². The molecular weight excluding hydrogens is 234 g/mol. The zero-order chi connectivity index (χ0) is 13.9. The lowest BCUT2D eigenvalue weighted by Crippen LogP contribution is -2.27. The minimum absolute atomic E-state index is 0.0236. The molecule has 6 nitrogen and oxygen atoms in total. The lowest BCUT2D eigenvalue weighted by Gasteiger charge is -2.18. The highest BCUT2D eigenvalue weighted by Crippen LogP contribution is 2.22. The monoisotopic (exact) mass is 251 g/mol. The molecule has 6 heteroatoms. The van der Waals surface area contributed by atoms with Crippen molar-refractivity contribution in [1.29, 1.82) is 5.26 Å².